The summed E-state index contributed by atoms with van der Waals surface area (Å²) in [6.07, 6.45) is 3.63. The fraction of sp³-hybridized carbons (Fsp3) is 0.176. The molecule has 0 aliphatic rings. The van der Waals surface area contributed by atoms with Gasteiger partial charge in [-0.1, -0.05) is 18.1 Å². The van der Waals surface area contributed by atoms with Gasteiger partial charge in [-0.3, -0.25) is 4.79 Å². The zero-order valence-electron chi connectivity index (χ0n) is 12.0. The summed E-state index contributed by atoms with van der Waals surface area (Å²) in [5.74, 6) is 6.04. The average Bonchev–Trinajstić information content (AvgIpc) is 2.53. The minimum absolute atomic E-state index is 0.00247. The van der Waals surface area contributed by atoms with Crippen molar-refractivity contribution >= 4 is 23.4 Å². The molecular weight excluding hydrogens is 280 g/mol. The lowest BCUT2D eigenvalue weighted by Crippen LogP contribution is -2.22. The summed E-state index contributed by atoms with van der Waals surface area (Å²) in [7, 11) is 0. The molecule has 0 fully saturated rings. The Morgan fingerprint density at radius 1 is 1.24 bits per heavy atom. The molecule has 0 unspecified atom stereocenters. The van der Waals surface area contributed by atoms with Gasteiger partial charge in [-0.2, -0.15) is 11.8 Å². The molecule has 0 radical (unpaired) electrons. The zero-order chi connectivity index (χ0) is 15.1. The molecule has 0 bridgehead atoms. The number of aromatic nitrogens is 1. The fourth-order valence-electron chi connectivity index (χ4n) is 1.60. The molecule has 1 aromatic carbocycles. The highest BCUT2D eigenvalue weighted by molar-refractivity contribution is 7.99. The van der Waals surface area contributed by atoms with E-state index in [2.05, 4.69) is 22.1 Å². The van der Waals surface area contributed by atoms with E-state index < -0.39 is 0 Å². The van der Waals surface area contributed by atoms with E-state index in [1.165, 1.54) is 11.8 Å². The van der Waals surface area contributed by atoms with Crippen LogP contribution in [0.15, 0.2) is 48.7 Å². The number of rotatable bonds is 3. The minimum atomic E-state index is -0.0757. The van der Waals surface area contributed by atoms with Gasteiger partial charge in [0.2, 0.25) is 5.91 Å². The smallest absolute Gasteiger partial charge is 0.237 e. The van der Waals surface area contributed by atoms with Crippen LogP contribution in [0.25, 0.3) is 0 Å². The van der Waals surface area contributed by atoms with Crippen LogP contribution < -0.4 is 5.32 Å². The fourth-order valence-corrected chi connectivity index (χ4v) is 1.87. The summed E-state index contributed by atoms with van der Waals surface area (Å²) < 4.78 is 0. The maximum Gasteiger partial charge on any atom is 0.237 e. The van der Waals surface area contributed by atoms with Gasteiger partial charge in [0.15, 0.2) is 0 Å². The first kappa shape index (κ1) is 15.1. The van der Waals surface area contributed by atoms with E-state index in [1.54, 1.807) is 6.20 Å². The Balaban J connectivity index is 2.12. The van der Waals surface area contributed by atoms with Crippen LogP contribution in [-0.4, -0.2) is 22.4 Å². The predicted octanol–water partition coefficient (Wildman–Crippen LogP) is 3.17. The second kappa shape index (κ2) is 7.51. The maximum absolute atomic E-state index is 11.9. The standard InChI is InChI=1S/C17H16N2OS/c1-13(21-2)17(20)19-16-8-5-6-14(12-16)9-10-15-7-3-4-11-18-15/h3-8,11-13H,1-2H3,(H,19,20)/t13-/m0/s1. The quantitative estimate of drug-likeness (QED) is 0.885. The number of carbonyl (C=O) groups is 1. The zero-order valence-corrected chi connectivity index (χ0v) is 12.8. The molecule has 0 saturated heterocycles. The second-order valence-corrected chi connectivity index (χ2v) is 5.59. The normalized spacial score (nSPS) is 11.1. The highest BCUT2D eigenvalue weighted by Gasteiger charge is 2.10. The second-order valence-electron chi connectivity index (χ2n) is 4.41. The van der Waals surface area contributed by atoms with E-state index in [0.29, 0.717) is 0 Å². The van der Waals surface area contributed by atoms with Gasteiger partial charge < -0.3 is 5.32 Å². The third kappa shape index (κ3) is 4.66. The molecular formula is C17H16N2OS. The number of anilines is 1. The number of thioether (sulfide) groups is 1. The van der Waals surface area contributed by atoms with Crippen molar-refractivity contribution in [3.8, 4) is 11.8 Å². The Labute approximate surface area is 129 Å². The largest absolute Gasteiger partial charge is 0.325 e. The summed E-state index contributed by atoms with van der Waals surface area (Å²) in [4.78, 5) is 16.0. The monoisotopic (exact) mass is 296 g/mol. The lowest BCUT2D eigenvalue weighted by molar-refractivity contribution is -0.115. The van der Waals surface area contributed by atoms with E-state index >= 15 is 0 Å². The molecule has 1 aromatic heterocycles. The van der Waals surface area contributed by atoms with Gasteiger partial charge in [-0.05, 0) is 49.4 Å². The first-order valence-corrected chi connectivity index (χ1v) is 7.84. The molecule has 0 aliphatic carbocycles. The van der Waals surface area contributed by atoms with Gasteiger partial charge in [-0.25, -0.2) is 4.98 Å². The number of benzene rings is 1. The molecule has 3 nitrogen and oxygen atoms in total. The number of nitrogens with zero attached hydrogens (tertiary/aromatic N) is 1. The number of amides is 1. The van der Waals surface area contributed by atoms with E-state index in [9.17, 15) is 4.79 Å². The van der Waals surface area contributed by atoms with Crippen molar-refractivity contribution in [2.24, 2.45) is 0 Å². The molecule has 2 rings (SSSR count). The van der Waals surface area contributed by atoms with E-state index in [-0.39, 0.29) is 11.2 Å². The van der Waals surface area contributed by atoms with Crippen molar-refractivity contribution in [2.45, 2.75) is 12.2 Å². The molecule has 0 aliphatic heterocycles. The maximum atomic E-state index is 11.9. The SMILES string of the molecule is CS[C@@H](C)C(=O)Nc1cccc(C#Cc2ccccn2)c1. The molecule has 1 N–H and O–H groups in total. The van der Waals surface area contributed by atoms with E-state index in [0.717, 1.165) is 16.9 Å². The van der Waals surface area contributed by atoms with Gasteiger partial charge in [0.05, 0.1) is 5.25 Å². The van der Waals surface area contributed by atoms with E-state index in [1.807, 2.05) is 55.6 Å². The van der Waals surface area contributed by atoms with Crippen LogP contribution in [0.1, 0.15) is 18.2 Å². The van der Waals surface area contributed by atoms with Crippen LogP contribution in [-0.2, 0) is 4.79 Å². The molecule has 106 valence electrons. The Hall–Kier alpha value is -2.25. The van der Waals surface area contributed by atoms with Gasteiger partial charge in [0, 0.05) is 17.4 Å². The lowest BCUT2D eigenvalue weighted by atomic mass is 10.2. The molecule has 0 saturated carbocycles. The third-order valence-electron chi connectivity index (χ3n) is 2.85. The number of pyridine rings is 1. The van der Waals surface area contributed by atoms with Crippen LogP contribution in [0.3, 0.4) is 0 Å². The number of nitrogens with one attached hydrogen (secondary N) is 1. The van der Waals surface area contributed by atoms with Crippen LogP contribution >= 0.6 is 11.8 Å². The van der Waals surface area contributed by atoms with E-state index in [4.69, 9.17) is 0 Å². The van der Waals surface area contributed by atoms with Crippen LogP contribution in [0, 0.1) is 11.8 Å². The molecule has 21 heavy (non-hydrogen) atoms. The first-order valence-electron chi connectivity index (χ1n) is 6.56. The number of hydrogen-bond acceptors (Lipinski definition) is 3. The van der Waals surface area contributed by atoms with Gasteiger partial charge in [-0.15, -0.1) is 0 Å². The lowest BCUT2D eigenvalue weighted by Gasteiger charge is -2.09. The van der Waals surface area contributed by atoms with Crippen molar-refractivity contribution in [3.63, 3.8) is 0 Å². The molecule has 0 spiro atoms. The van der Waals surface area contributed by atoms with Crippen molar-refractivity contribution in [1.82, 2.24) is 4.98 Å². The Morgan fingerprint density at radius 2 is 2.10 bits per heavy atom. The van der Waals surface area contributed by atoms with Gasteiger partial charge in [0.1, 0.15) is 5.69 Å². The van der Waals surface area contributed by atoms with Crippen LogP contribution in [0.5, 0.6) is 0 Å². The first-order chi connectivity index (χ1) is 10.2. The topological polar surface area (TPSA) is 42.0 Å². The number of hydrogen-bond donors (Lipinski definition) is 1. The summed E-state index contributed by atoms with van der Waals surface area (Å²) in [6.45, 7) is 1.88. The minimum Gasteiger partial charge on any atom is -0.325 e. The van der Waals surface area contributed by atoms with Crippen molar-refractivity contribution < 1.29 is 4.79 Å². The molecule has 1 heterocycles. The van der Waals surface area contributed by atoms with Gasteiger partial charge >= 0.3 is 0 Å². The van der Waals surface area contributed by atoms with Crippen molar-refractivity contribution in [3.05, 3.63) is 59.9 Å². The summed E-state index contributed by atoms with van der Waals surface area (Å²) >= 11 is 1.52. The molecule has 1 amide bonds. The highest BCUT2D eigenvalue weighted by atomic mass is 32.2. The summed E-state index contributed by atoms with van der Waals surface area (Å²) in [5, 5.41) is 2.81. The van der Waals surface area contributed by atoms with Crippen LogP contribution in [0.2, 0.25) is 0 Å². The average molecular weight is 296 g/mol. The van der Waals surface area contributed by atoms with Gasteiger partial charge in [0.25, 0.3) is 0 Å². The summed E-state index contributed by atoms with van der Waals surface area (Å²) in [6, 6.07) is 13.1. The van der Waals surface area contributed by atoms with Crippen molar-refractivity contribution in [2.75, 3.05) is 11.6 Å². The Morgan fingerprint density at radius 3 is 2.81 bits per heavy atom. The Bertz CT molecular complexity index is 674. The highest BCUT2D eigenvalue weighted by Crippen LogP contribution is 2.13. The molecule has 4 heteroatoms. The number of carbonyl (C=O) groups excluding carboxylic acids is 1. The van der Waals surface area contributed by atoms with Crippen molar-refractivity contribution in [1.29, 1.82) is 0 Å². The molecule has 2 aromatic rings. The van der Waals surface area contributed by atoms with Crippen LogP contribution in [0.4, 0.5) is 5.69 Å². The Kier molecular flexibility index (Phi) is 5.42. The summed E-state index contributed by atoms with van der Waals surface area (Å²) in [5.41, 5.74) is 2.33. The third-order valence-corrected chi connectivity index (χ3v) is 3.77. The molecule has 1 atom stereocenters. The predicted molar refractivity (Wildman–Crippen MR) is 88.3 cm³/mol.